The molecule has 1 aliphatic rings. The normalized spacial score (nSPS) is 13.2. The molecule has 1 aliphatic carbocycles. The van der Waals surface area contributed by atoms with Crippen LogP contribution in [0, 0.1) is 11.8 Å². The SMILES string of the molecule is COC(=O)C#Cc1ccc(C(=O)NC2CC2)cc1. The number of hydrogen-bond donors (Lipinski definition) is 1. The number of carbonyl (C=O) groups excluding carboxylic acids is 2. The Morgan fingerprint density at radius 3 is 2.50 bits per heavy atom. The quantitative estimate of drug-likeness (QED) is 0.625. The van der Waals surface area contributed by atoms with Crippen molar-refractivity contribution in [2.45, 2.75) is 18.9 Å². The summed E-state index contributed by atoms with van der Waals surface area (Å²) in [5.74, 6) is 4.34. The molecule has 0 saturated heterocycles. The summed E-state index contributed by atoms with van der Waals surface area (Å²) in [7, 11) is 1.28. The van der Waals surface area contributed by atoms with Crippen molar-refractivity contribution in [3.63, 3.8) is 0 Å². The minimum atomic E-state index is -0.578. The first-order valence-electron chi connectivity index (χ1n) is 5.70. The Morgan fingerprint density at radius 2 is 1.94 bits per heavy atom. The summed E-state index contributed by atoms with van der Waals surface area (Å²) in [4.78, 5) is 22.5. The largest absolute Gasteiger partial charge is 0.459 e. The van der Waals surface area contributed by atoms with Gasteiger partial charge < -0.3 is 10.1 Å². The van der Waals surface area contributed by atoms with Crippen LogP contribution in [-0.4, -0.2) is 25.0 Å². The number of methoxy groups -OCH3 is 1. The van der Waals surface area contributed by atoms with Gasteiger partial charge in [0.2, 0.25) is 0 Å². The lowest BCUT2D eigenvalue weighted by Crippen LogP contribution is -2.25. The smallest absolute Gasteiger partial charge is 0.384 e. The van der Waals surface area contributed by atoms with Crippen molar-refractivity contribution in [3.05, 3.63) is 35.4 Å². The molecule has 0 aliphatic heterocycles. The van der Waals surface area contributed by atoms with E-state index < -0.39 is 5.97 Å². The maximum absolute atomic E-state index is 11.7. The van der Waals surface area contributed by atoms with Gasteiger partial charge in [-0.2, -0.15) is 0 Å². The fourth-order valence-electron chi connectivity index (χ4n) is 1.38. The minimum Gasteiger partial charge on any atom is -0.459 e. The van der Waals surface area contributed by atoms with Crippen molar-refractivity contribution < 1.29 is 14.3 Å². The Kier molecular flexibility index (Phi) is 3.63. The second-order valence-electron chi connectivity index (χ2n) is 4.07. The molecular weight excluding hydrogens is 230 g/mol. The summed E-state index contributed by atoms with van der Waals surface area (Å²) in [5.41, 5.74) is 1.27. The Labute approximate surface area is 105 Å². The molecule has 0 radical (unpaired) electrons. The first kappa shape index (κ1) is 12.2. The Morgan fingerprint density at radius 1 is 1.28 bits per heavy atom. The lowest BCUT2D eigenvalue weighted by molar-refractivity contribution is -0.133. The van der Waals surface area contributed by atoms with Gasteiger partial charge in [0.15, 0.2) is 0 Å². The summed E-state index contributed by atoms with van der Waals surface area (Å²) in [5, 5.41) is 2.90. The highest BCUT2D eigenvalue weighted by atomic mass is 16.5. The zero-order valence-corrected chi connectivity index (χ0v) is 10.0. The second kappa shape index (κ2) is 5.37. The number of esters is 1. The summed E-state index contributed by atoms with van der Waals surface area (Å²) < 4.78 is 4.41. The van der Waals surface area contributed by atoms with E-state index >= 15 is 0 Å². The van der Waals surface area contributed by atoms with E-state index in [-0.39, 0.29) is 5.91 Å². The van der Waals surface area contributed by atoms with Crippen molar-refractivity contribution in [1.29, 1.82) is 0 Å². The van der Waals surface area contributed by atoms with E-state index in [1.54, 1.807) is 24.3 Å². The van der Waals surface area contributed by atoms with E-state index in [1.165, 1.54) is 7.11 Å². The second-order valence-corrected chi connectivity index (χ2v) is 4.07. The molecule has 0 aromatic heterocycles. The monoisotopic (exact) mass is 243 g/mol. The van der Waals surface area contributed by atoms with Gasteiger partial charge in [-0.1, -0.05) is 5.92 Å². The van der Waals surface area contributed by atoms with Gasteiger partial charge in [-0.05, 0) is 37.1 Å². The van der Waals surface area contributed by atoms with E-state index in [0.717, 1.165) is 12.8 Å². The fourth-order valence-corrected chi connectivity index (χ4v) is 1.38. The molecule has 0 atom stereocenters. The van der Waals surface area contributed by atoms with Gasteiger partial charge in [0, 0.05) is 23.1 Å². The number of hydrogen-bond acceptors (Lipinski definition) is 3. The van der Waals surface area contributed by atoms with Crippen molar-refractivity contribution in [3.8, 4) is 11.8 Å². The Bertz CT molecular complexity index is 518. The van der Waals surface area contributed by atoms with Crippen LogP contribution in [0.25, 0.3) is 0 Å². The number of nitrogens with one attached hydrogen (secondary N) is 1. The van der Waals surface area contributed by atoms with E-state index in [0.29, 0.717) is 17.2 Å². The van der Waals surface area contributed by atoms with Gasteiger partial charge in [-0.15, -0.1) is 0 Å². The van der Waals surface area contributed by atoms with E-state index in [2.05, 4.69) is 21.9 Å². The fraction of sp³-hybridized carbons (Fsp3) is 0.286. The molecule has 1 aromatic carbocycles. The molecule has 4 nitrogen and oxygen atoms in total. The topological polar surface area (TPSA) is 55.4 Å². The molecule has 1 N–H and O–H groups in total. The van der Waals surface area contributed by atoms with Crippen LogP contribution in [0.2, 0.25) is 0 Å². The third-order valence-corrected chi connectivity index (χ3v) is 2.55. The zero-order valence-electron chi connectivity index (χ0n) is 10.0. The van der Waals surface area contributed by atoms with Gasteiger partial charge in [0.25, 0.3) is 5.91 Å². The predicted octanol–water partition coefficient (Wildman–Crippen LogP) is 1.10. The van der Waals surface area contributed by atoms with Crippen molar-refractivity contribution in [2.24, 2.45) is 0 Å². The number of carbonyl (C=O) groups is 2. The standard InChI is InChI=1S/C14H13NO3/c1-18-13(16)9-4-10-2-5-11(6-3-10)14(17)15-12-7-8-12/h2-3,5-6,12H,7-8H2,1H3,(H,15,17). The molecule has 18 heavy (non-hydrogen) atoms. The third-order valence-electron chi connectivity index (χ3n) is 2.55. The van der Waals surface area contributed by atoms with Gasteiger partial charge in [0.1, 0.15) is 0 Å². The summed E-state index contributed by atoms with van der Waals surface area (Å²) in [6, 6.07) is 7.14. The number of ether oxygens (including phenoxy) is 1. The maximum atomic E-state index is 11.7. The van der Waals surface area contributed by atoms with E-state index in [1.807, 2.05) is 0 Å². The number of rotatable bonds is 2. The summed E-state index contributed by atoms with van der Waals surface area (Å²) in [6.45, 7) is 0. The molecule has 92 valence electrons. The molecule has 1 aromatic rings. The average Bonchev–Trinajstić information content (AvgIpc) is 3.20. The molecular formula is C14H13NO3. The lowest BCUT2D eigenvalue weighted by Gasteiger charge is -2.02. The van der Waals surface area contributed by atoms with Crippen molar-refractivity contribution in [1.82, 2.24) is 5.32 Å². The number of amides is 1. The molecule has 1 fully saturated rings. The molecule has 0 unspecified atom stereocenters. The summed E-state index contributed by atoms with van der Waals surface area (Å²) in [6.07, 6.45) is 2.13. The third kappa shape index (κ3) is 3.36. The first-order valence-corrected chi connectivity index (χ1v) is 5.70. The van der Waals surface area contributed by atoms with Crippen LogP contribution in [0.5, 0.6) is 0 Å². The highest BCUT2D eigenvalue weighted by Crippen LogP contribution is 2.19. The van der Waals surface area contributed by atoms with Crippen molar-refractivity contribution in [2.75, 3.05) is 7.11 Å². The lowest BCUT2D eigenvalue weighted by atomic mass is 10.1. The Balaban J connectivity index is 2.01. The maximum Gasteiger partial charge on any atom is 0.384 e. The van der Waals surface area contributed by atoms with Crippen LogP contribution >= 0.6 is 0 Å². The molecule has 2 rings (SSSR count). The highest BCUT2D eigenvalue weighted by molar-refractivity contribution is 5.94. The van der Waals surface area contributed by atoms with Crippen molar-refractivity contribution >= 4 is 11.9 Å². The average molecular weight is 243 g/mol. The Hall–Kier alpha value is -2.28. The molecule has 4 heteroatoms. The molecule has 1 amide bonds. The van der Waals surface area contributed by atoms with Crippen LogP contribution < -0.4 is 5.32 Å². The van der Waals surface area contributed by atoms with Crippen LogP contribution in [0.1, 0.15) is 28.8 Å². The number of benzene rings is 1. The molecule has 1 saturated carbocycles. The van der Waals surface area contributed by atoms with Gasteiger partial charge >= 0.3 is 5.97 Å². The van der Waals surface area contributed by atoms with Crippen LogP contribution in [0.3, 0.4) is 0 Å². The molecule has 0 bridgehead atoms. The zero-order chi connectivity index (χ0) is 13.0. The highest BCUT2D eigenvalue weighted by Gasteiger charge is 2.23. The summed E-state index contributed by atoms with van der Waals surface area (Å²) >= 11 is 0. The van der Waals surface area contributed by atoms with E-state index in [9.17, 15) is 9.59 Å². The van der Waals surface area contributed by atoms with Crippen LogP contribution in [-0.2, 0) is 9.53 Å². The van der Waals surface area contributed by atoms with Gasteiger partial charge in [-0.25, -0.2) is 4.79 Å². The predicted molar refractivity (Wildman–Crippen MR) is 65.8 cm³/mol. The first-order chi connectivity index (χ1) is 8.69. The van der Waals surface area contributed by atoms with E-state index in [4.69, 9.17) is 0 Å². The van der Waals surface area contributed by atoms with Gasteiger partial charge in [0.05, 0.1) is 7.11 Å². The van der Waals surface area contributed by atoms with Crippen LogP contribution in [0.4, 0.5) is 0 Å². The van der Waals surface area contributed by atoms with Crippen LogP contribution in [0.15, 0.2) is 24.3 Å². The minimum absolute atomic E-state index is 0.0648. The molecule has 0 heterocycles. The van der Waals surface area contributed by atoms with Gasteiger partial charge in [-0.3, -0.25) is 4.79 Å². The molecule has 0 spiro atoms.